The number of hydrogen-bond acceptors (Lipinski definition) is 1. The van der Waals surface area contributed by atoms with Crippen molar-refractivity contribution in [3.63, 3.8) is 0 Å². The molecule has 176 valence electrons. The molecule has 7 rings (SSSR count). The lowest BCUT2D eigenvalue weighted by Gasteiger charge is -2.13. The van der Waals surface area contributed by atoms with Crippen molar-refractivity contribution < 1.29 is 0 Å². The van der Waals surface area contributed by atoms with Crippen molar-refractivity contribution in [2.24, 2.45) is 0 Å². The molecule has 38 heavy (non-hydrogen) atoms. The van der Waals surface area contributed by atoms with Gasteiger partial charge in [-0.1, -0.05) is 109 Å². The average Bonchev–Trinajstić information content (AvgIpc) is 3.33. The van der Waals surface area contributed by atoms with Crippen molar-refractivity contribution in [2.75, 3.05) is 0 Å². The molecule has 0 saturated heterocycles. The van der Waals surface area contributed by atoms with Crippen LogP contribution in [-0.2, 0) is 0 Å². The van der Waals surface area contributed by atoms with Crippen LogP contribution in [0.1, 0.15) is 0 Å². The van der Waals surface area contributed by atoms with Crippen LogP contribution in [0.15, 0.2) is 140 Å². The van der Waals surface area contributed by atoms with E-state index in [-0.39, 0.29) is 0 Å². The molecule has 0 aliphatic carbocycles. The zero-order valence-electron chi connectivity index (χ0n) is 20.8. The van der Waals surface area contributed by atoms with E-state index < -0.39 is 0 Å². The second kappa shape index (κ2) is 9.21. The Morgan fingerprint density at radius 1 is 0.474 bits per heavy atom. The van der Waals surface area contributed by atoms with Crippen molar-refractivity contribution in [3.8, 4) is 39.3 Å². The van der Waals surface area contributed by atoms with E-state index in [1.807, 2.05) is 24.3 Å². The molecule has 5 aromatic carbocycles. The van der Waals surface area contributed by atoms with Crippen molar-refractivity contribution in [1.29, 1.82) is 0 Å². The van der Waals surface area contributed by atoms with Gasteiger partial charge in [-0.2, -0.15) is 0 Å². The highest BCUT2D eigenvalue weighted by atomic mass is 15.0. The van der Waals surface area contributed by atoms with Gasteiger partial charge in [0.1, 0.15) is 7.85 Å². The molecule has 7 aromatic rings. The number of aromatic nitrogens is 2. The zero-order chi connectivity index (χ0) is 25.5. The third-order valence-electron chi connectivity index (χ3n) is 7.13. The van der Waals surface area contributed by atoms with Gasteiger partial charge < -0.3 is 4.57 Å². The lowest BCUT2D eigenvalue weighted by molar-refractivity contribution is 1.18. The van der Waals surface area contributed by atoms with Crippen LogP contribution in [0.25, 0.3) is 61.1 Å². The lowest BCUT2D eigenvalue weighted by Crippen LogP contribution is -2.02. The molecule has 0 N–H and O–H groups in total. The average molecular weight is 482 g/mol. The maximum absolute atomic E-state index is 6.46. The van der Waals surface area contributed by atoms with E-state index in [0.717, 1.165) is 61.0 Å². The summed E-state index contributed by atoms with van der Waals surface area (Å²) in [4.78, 5) is 5.13. The van der Waals surface area contributed by atoms with Gasteiger partial charge in [-0.3, -0.25) is 0 Å². The quantitative estimate of drug-likeness (QED) is 0.233. The molecule has 0 aliphatic rings. The Labute approximate surface area is 223 Å². The summed E-state index contributed by atoms with van der Waals surface area (Å²) in [6.45, 7) is 0. The molecule has 0 amide bonds. The minimum Gasteiger partial charge on any atom is -0.309 e. The molecule has 0 atom stereocenters. The van der Waals surface area contributed by atoms with E-state index in [9.17, 15) is 0 Å². The fraction of sp³-hybridized carbons (Fsp3) is 0. The van der Waals surface area contributed by atoms with Crippen LogP contribution in [-0.4, -0.2) is 17.4 Å². The summed E-state index contributed by atoms with van der Waals surface area (Å²) in [5.74, 6) is 0. The number of benzene rings is 5. The third-order valence-corrected chi connectivity index (χ3v) is 7.13. The van der Waals surface area contributed by atoms with Crippen LogP contribution in [0.3, 0.4) is 0 Å². The Bertz CT molecular complexity index is 1860. The smallest absolute Gasteiger partial charge is 0.114 e. The second-order valence-electron chi connectivity index (χ2n) is 9.50. The highest BCUT2D eigenvalue weighted by Gasteiger charge is 2.14. The Hall–Kier alpha value is -4.89. The van der Waals surface area contributed by atoms with E-state index in [4.69, 9.17) is 12.8 Å². The van der Waals surface area contributed by atoms with Crippen molar-refractivity contribution in [1.82, 2.24) is 9.55 Å². The third kappa shape index (κ3) is 3.81. The summed E-state index contributed by atoms with van der Waals surface area (Å²) in [6.07, 6.45) is 0. The van der Waals surface area contributed by atoms with E-state index in [1.54, 1.807) is 0 Å². The molecule has 0 saturated carbocycles. The number of para-hydroxylation sites is 1. The summed E-state index contributed by atoms with van der Waals surface area (Å²) in [6, 6.07) is 48.4. The van der Waals surface area contributed by atoms with Gasteiger partial charge in [-0.15, -0.1) is 0 Å². The van der Waals surface area contributed by atoms with E-state index in [0.29, 0.717) is 0 Å². The Morgan fingerprint density at radius 2 is 1.08 bits per heavy atom. The zero-order valence-corrected chi connectivity index (χ0v) is 20.8. The Morgan fingerprint density at radius 3 is 1.87 bits per heavy atom. The number of nitrogens with zero attached hydrogens (tertiary/aromatic N) is 2. The van der Waals surface area contributed by atoms with Gasteiger partial charge in [0, 0.05) is 27.6 Å². The van der Waals surface area contributed by atoms with E-state index in [1.165, 1.54) is 5.56 Å². The van der Waals surface area contributed by atoms with Crippen LogP contribution < -0.4 is 5.46 Å². The minimum absolute atomic E-state index is 0.790. The van der Waals surface area contributed by atoms with Crippen LogP contribution in [0, 0.1) is 0 Å². The molecule has 0 spiro atoms. The predicted molar refractivity (Wildman–Crippen MR) is 160 cm³/mol. The molecule has 0 fully saturated rings. The topological polar surface area (TPSA) is 17.8 Å². The first-order valence-corrected chi connectivity index (χ1v) is 12.8. The molecule has 0 aliphatic heterocycles. The van der Waals surface area contributed by atoms with Crippen LogP contribution in [0.2, 0.25) is 0 Å². The van der Waals surface area contributed by atoms with Gasteiger partial charge in [-0.05, 0) is 47.5 Å². The fourth-order valence-corrected chi connectivity index (χ4v) is 5.36. The van der Waals surface area contributed by atoms with Gasteiger partial charge in [0.25, 0.3) is 0 Å². The van der Waals surface area contributed by atoms with Gasteiger partial charge in [-0.25, -0.2) is 4.98 Å². The fourth-order valence-electron chi connectivity index (χ4n) is 5.36. The molecule has 2 aromatic heterocycles. The van der Waals surface area contributed by atoms with Crippen molar-refractivity contribution >= 4 is 35.1 Å². The summed E-state index contributed by atoms with van der Waals surface area (Å²) in [7, 11) is 6.46. The number of rotatable bonds is 4. The molecule has 2 radical (unpaired) electrons. The minimum atomic E-state index is 0.790. The summed E-state index contributed by atoms with van der Waals surface area (Å²) in [5.41, 5.74) is 10.5. The molecular formula is C35H23BN2. The normalized spacial score (nSPS) is 11.3. The number of pyridine rings is 1. The van der Waals surface area contributed by atoms with E-state index >= 15 is 0 Å². The molecule has 3 heteroatoms. The summed E-state index contributed by atoms with van der Waals surface area (Å²) >= 11 is 0. The summed E-state index contributed by atoms with van der Waals surface area (Å²) in [5, 5.41) is 2.24. The SMILES string of the molecule is [B]c1cccc2c1c1ccccc1n2-c1cccc(-c2cc(-c3ccccc3)cc(-c3ccccc3)n2)c1. The second-order valence-corrected chi connectivity index (χ2v) is 9.50. The van der Waals surface area contributed by atoms with Gasteiger partial charge in [0.2, 0.25) is 0 Å². The molecule has 2 heterocycles. The largest absolute Gasteiger partial charge is 0.309 e. The standard InChI is InChI=1S/C35H23BN2/c36-30-18-10-20-34-35(30)29-17-7-8-19-33(29)38(34)28-16-9-15-26(21-28)32-23-27(24-11-3-1-4-12-24)22-31(37-32)25-13-5-2-6-14-25/h1-23H. The van der Waals surface area contributed by atoms with Crippen LogP contribution >= 0.6 is 0 Å². The number of hydrogen-bond donors (Lipinski definition) is 0. The van der Waals surface area contributed by atoms with Crippen molar-refractivity contribution in [2.45, 2.75) is 0 Å². The van der Waals surface area contributed by atoms with Crippen LogP contribution in [0.4, 0.5) is 0 Å². The first-order chi connectivity index (χ1) is 18.8. The molecule has 2 nitrogen and oxygen atoms in total. The monoisotopic (exact) mass is 482 g/mol. The first kappa shape index (κ1) is 22.3. The van der Waals surface area contributed by atoms with Crippen molar-refractivity contribution in [3.05, 3.63) is 140 Å². The lowest BCUT2D eigenvalue weighted by atomic mass is 9.91. The highest BCUT2D eigenvalue weighted by Crippen LogP contribution is 2.34. The Kier molecular flexibility index (Phi) is 5.41. The Balaban J connectivity index is 1.44. The molecule has 0 bridgehead atoms. The van der Waals surface area contributed by atoms with Crippen LogP contribution in [0.5, 0.6) is 0 Å². The van der Waals surface area contributed by atoms with E-state index in [2.05, 4.69) is 120 Å². The maximum atomic E-state index is 6.46. The predicted octanol–water partition coefficient (Wildman–Crippen LogP) is 7.97. The summed E-state index contributed by atoms with van der Waals surface area (Å²) < 4.78 is 2.30. The van der Waals surface area contributed by atoms with Gasteiger partial charge >= 0.3 is 0 Å². The molecular weight excluding hydrogens is 459 g/mol. The highest BCUT2D eigenvalue weighted by molar-refractivity contribution is 6.41. The number of fused-ring (bicyclic) bond motifs is 3. The maximum Gasteiger partial charge on any atom is 0.114 e. The molecule has 0 unspecified atom stereocenters. The van der Waals surface area contributed by atoms with Gasteiger partial charge in [0.15, 0.2) is 0 Å². The first-order valence-electron chi connectivity index (χ1n) is 12.8. The van der Waals surface area contributed by atoms with Gasteiger partial charge in [0.05, 0.1) is 22.4 Å².